The molecular weight excluding hydrogens is 360 g/mol. The number of hydrogen-bond acceptors (Lipinski definition) is 5. The topological polar surface area (TPSA) is 79.3 Å². The maximum absolute atomic E-state index is 12.9. The molecule has 1 N–H and O–H groups in total. The van der Waals surface area contributed by atoms with E-state index in [1.807, 2.05) is 0 Å². The Hall–Kier alpha value is -1.83. The molecule has 0 radical (unpaired) electrons. The number of amides is 1. The fourth-order valence-electron chi connectivity index (χ4n) is 2.91. The molecule has 1 fully saturated rings. The molecule has 0 spiro atoms. The van der Waals surface area contributed by atoms with Crippen molar-refractivity contribution in [2.24, 2.45) is 0 Å². The minimum Gasteiger partial charge on any atom is -0.480 e. The van der Waals surface area contributed by atoms with E-state index in [0.717, 1.165) is 0 Å². The fourth-order valence-corrected chi connectivity index (χ4v) is 3.09. The molecule has 2 rings (SSSR count). The predicted molar refractivity (Wildman–Crippen MR) is 97.6 cm³/mol. The fraction of sp³-hybridized carbons (Fsp3) is 0.556. The van der Waals surface area contributed by atoms with Gasteiger partial charge in [-0.05, 0) is 39.1 Å². The number of nitrogens with zero attached hydrogens (tertiary/aromatic N) is 2. The zero-order chi connectivity index (χ0) is 19.3. The number of benzene rings is 1. The molecule has 144 valence electrons. The van der Waals surface area contributed by atoms with E-state index in [1.165, 1.54) is 0 Å². The molecule has 0 aromatic heterocycles. The minimum absolute atomic E-state index is 0.0722. The Labute approximate surface area is 158 Å². The Bertz CT molecular complexity index is 652. The maximum atomic E-state index is 12.9. The van der Waals surface area contributed by atoms with Crippen LogP contribution in [-0.4, -0.2) is 78.3 Å². The summed E-state index contributed by atoms with van der Waals surface area (Å²) in [4.78, 5) is 27.1. The molecule has 26 heavy (non-hydrogen) atoms. The number of carboxylic acids is 1. The van der Waals surface area contributed by atoms with Crippen molar-refractivity contribution in [3.8, 4) is 5.75 Å². The number of halogens is 1. The van der Waals surface area contributed by atoms with Crippen LogP contribution in [0.5, 0.6) is 5.75 Å². The van der Waals surface area contributed by atoms with Gasteiger partial charge in [0.2, 0.25) is 0 Å². The number of ether oxygens (including phenoxy) is 2. The quantitative estimate of drug-likeness (QED) is 0.771. The van der Waals surface area contributed by atoms with Crippen molar-refractivity contribution in [3.05, 3.63) is 29.3 Å². The molecule has 0 bridgehead atoms. The molecule has 7 nitrogen and oxygen atoms in total. The van der Waals surface area contributed by atoms with Crippen LogP contribution in [0.15, 0.2) is 24.3 Å². The van der Waals surface area contributed by atoms with Crippen LogP contribution in [0.1, 0.15) is 13.8 Å². The molecule has 1 aromatic rings. The van der Waals surface area contributed by atoms with E-state index in [9.17, 15) is 9.59 Å². The Morgan fingerprint density at radius 2 is 2.19 bits per heavy atom. The van der Waals surface area contributed by atoms with Crippen molar-refractivity contribution < 1.29 is 24.2 Å². The zero-order valence-corrected chi connectivity index (χ0v) is 16.0. The van der Waals surface area contributed by atoms with Gasteiger partial charge in [0.1, 0.15) is 5.75 Å². The molecule has 1 atom stereocenters. The van der Waals surface area contributed by atoms with Crippen molar-refractivity contribution in [1.29, 1.82) is 0 Å². The largest absolute Gasteiger partial charge is 0.480 e. The van der Waals surface area contributed by atoms with Gasteiger partial charge in [0, 0.05) is 24.7 Å². The molecule has 1 heterocycles. The standard InChI is InChI=1S/C18H25ClN2O5/c1-18(2,26-14-6-4-5-13(19)9-14)17(24)21-7-8-25-15(11-21)10-20(3)12-16(22)23/h4-6,9,15H,7-8,10-12H2,1-3H3,(H,22,23). The first kappa shape index (κ1) is 20.5. The third-order valence-electron chi connectivity index (χ3n) is 4.03. The number of rotatable bonds is 7. The van der Waals surface area contributed by atoms with Gasteiger partial charge in [0.25, 0.3) is 5.91 Å². The van der Waals surface area contributed by atoms with Gasteiger partial charge in [-0.3, -0.25) is 14.5 Å². The van der Waals surface area contributed by atoms with Crippen LogP contribution in [0.25, 0.3) is 0 Å². The summed E-state index contributed by atoms with van der Waals surface area (Å²) in [6.45, 7) is 5.08. The lowest BCUT2D eigenvalue weighted by molar-refractivity contribution is -0.154. The van der Waals surface area contributed by atoms with Crippen LogP contribution in [0.2, 0.25) is 5.02 Å². The van der Waals surface area contributed by atoms with Crippen LogP contribution in [-0.2, 0) is 14.3 Å². The third kappa shape index (κ3) is 5.86. The summed E-state index contributed by atoms with van der Waals surface area (Å²) >= 11 is 5.97. The van der Waals surface area contributed by atoms with E-state index in [0.29, 0.717) is 37.0 Å². The Balaban J connectivity index is 1.97. The second kappa shape index (κ2) is 8.70. The molecule has 1 aromatic carbocycles. The first-order chi connectivity index (χ1) is 12.2. The van der Waals surface area contributed by atoms with Gasteiger partial charge in [-0.2, -0.15) is 0 Å². The number of hydrogen-bond donors (Lipinski definition) is 1. The van der Waals surface area contributed by atoms with Crippen LogP contribution < -0.4 is 4.74 Å². The minimum atomic E-state index is -1.06. The van der Waals surface area contributed by atoms with Crippen LogP contribution >= 0.6 is 11.6 Å². The predicted octanol–water partition coefficient (Wildman–Crippen LogP) is 1.74. The Morgan fingerprint density at radius 3 is 2.85 bits per heavy atom. The molecular formula is C18H25ClN2O5. The number of carbonyl (C=O) groups is 2. The summed E-state index contributed by atoms with van der Waals surface area (Å²) < 4.78 is 11.5. The smallest absolute Gasteiger partial charge is 0.317 e. The van der Waals surface area contributed by atoms with Crippen LogP contribution in [0.4, 0.5) is 0 Å². The van der Waals surface area contributed by atoms with Gasteiger partial charge in [-0.1, -0.05) is 17.7 Å². The number of likely N-dealkylation sites (N-methyl/N-ethyl adjacent to an activating group) is 1. The molecule has 1 aliphatic heterocycles. The van der Waals surface area contributed by atoms with Gasteiger partial charge in [0.15, 0.2) is 5.60 Å². The molecule has 0 aliphatic carbocycles. The van der Waals surface area contributed by atoms with Crippen molar-refractivity contribution in [3.63, 3.8) is 0 Å². The summed E-state index contributed by atoms with van der Waals surface area (Å²) in [5.74, 6) is -0.513. The number of carboxylic acid groups (broad SMARTS) is 1. The lowest BCUT2D eigenvalue weighted by Gasteiger charge is -2.38. The van der Waals surface area contributed by atoms with E-state index >= 15 is 0 Å². The molecule has 8 heteroatoms. The van der Waals surface area contributed by atoms with E-state index in [2.05, 4.69) is 0 Å². The van der Waals surface area contributed by atoms with Crippen LogP contribution in [0, 0.1) is 0 Å². The first-order valence-corrected chi connectivity index (χ1v) is 8.81. The van der Waals surface area contributed by atoms with Crippen molar-refractivity contribution in [2.45, 2.75) is 25.6 Å². The van der Waals surface area contributed by atoms with Crippen molar-refractivity contribution in [2.75, 3.05) is 39.8 Å². The van der Waals surface area contributed by atoms with Gasteiger partial charge in [0.05, 0.1) is 19.3 Å². The summed E-state index contributed by atoms with van der Waals surface area (Å²) in [5, 5.41) is 9.39. The number of aliphatic carboxylic acids is 1. The molecule has 0 saturated carbocycles. The van der Waals surface area contributed by atoms with Gasteiger partial charge in [-0.25, -0.2) is 0 Å². The molecule has 1 saturated heterocycles. The molecule has 1 amide bonds. The van der Waals surface area contributed by atoms with Crippen LogP contribution in [0.3, 0.4) is 0 Å². The summed E-state index contributed by atoms with van der Waals surface area (Å²) in [6.07, 6.45) is -0.237. The second-order valence-corrected chi connectivity index (χ2v) is 7.34. The Morgan fingerprint density at radius 1 is 1.46 bits per heavy atom. The van der Waals surface area contributed by atoms with Gasteiger partial charge in [-0.15, -0.1) is 0 Å². The molecule has 1 unspecified atom stereocenters. The highest BCUT2D eigenvalue weighted by molar-refractivity contribution is 6.30. The summed E-state index contributed by atoms with van der Waals surface area (Å²) in [7, 11) is 1.71. The van der Waals surface area contributed by atoms with E-state index in [4.69, 9.17) is 26.2 Å². The first-order valence-electron chi connectivity index (χ1n) is 8.43. The highest BCUT2D eigenvalue weighted by Gasteiger charge is 2.37. The summed E-state index contributed by atoms with van der Waals surface area (Å²) in [5.41, 5.74) is -1.06. The highest BCUT2D eigenvalue weighted by atomic mass is 35.5. The van der Waals surface area contributed by atoms with Crippen molar-refractivity contribution >= 4 is 23.5 Å². The molecule has 1 aliphatic rings. The van der Waals surface area contributed by atoms with E-state index < -0.39 is 11.6 Å². The average Bonchev–Trinajstić information content (AvgIpc) is 2.53. The monoisotopic (exact) mass is 384 g/mol. The normalized spacial score (nSPS) is 18.0. The van der Waals surface area contributed by atoms with Gasteiger partial charge >= 0.3 is 5.97 Å². The number of carbonyl (C=O) groups excluding carboxylic acids is 1. The third-order valence-corrected chi connectivity index (χ3v) is 4.27. The van der Waals surface area contributed by atoms with Crippen molar-refractivity contribution in [1.82, 2.24) is 9.80 Å². The maximum Gasteiger partial charge on any atom is 0.317 e. The Kier molecular flexibility index (Phi) is 6.86. The van der Waals surface area contributed by atoms with E-state index in [1.54, 1.807) is 55.0 Å². The summed E-state index contributed by atoms with van der Waals surface area (Å²) in [6, 6.07) is 6.92. The zero-order valence-electron chi connectivity index (χ0n) is 15.3. The number of morpholine rings is 1. The lowest BCUT2D eigenvalue weighted by atomic mass is 10.1. The SMILES string of the molecule is CN(CC(=O)O)CC1CN(C(=O)C(C)(C)Oc2cccc(Cl)c2)CCO1. The highest BCUT2D eigenvalue weighted by Crippen LogP contribution is 2.24. The van der Waals surface area contributed by atoms with Gasteiger partial charge < -0.3 is 19.5 Å². The van der Waals surface area contributed by atoms with E-state index in [-0.39, 0.29) is 18.6 Å². The average molecular weight is 385 g/mol. The lowest BCUT2D eigenvalue weighted by Crippen LogP contribution is -2.56. The second-order valence-electron chi connectivity index (χ2n) is 6.90.